The number of benzene rings is 1. The van der Waals surface area contributed by atoms with E-state index < -0.39 is 0 Å². The van der Waals surface area contributed by atoms with Crippen LogP contribution in [-0.4, -0.2) is 36.2 Å². The summed E-state index contributed by atoms with van der Waals surface area (Å²) in [6, 6.07) is 5.69. The number of aliphatic imine (C=N–C) groups is 1. The van der Waals surface area contributed by atoms with Crippen LogP contribution in [0.15, 0.2) is 40.3 Å². The largest absolute Gasteiger partial charge is 0.496 e. The minimum Gasteiger partial charge on any atom is -0.496 e. The zero-order chi connectivity index (χ0) is 25.9. The molecule has 0 radical (unpaired) electrons. The van der Waals surface area contributed by atoms with E-state index in [1.807, 2.05) is 26.0 Å². The van der Waals surface area contributed by atoms with E-state index in [-0.39, 0.29) is 34.2 Å². The lowest BCUT2D eigenvalue weighted by Crippen LogP contribution is -2.32. The number of aromatic nitrogens is 1. The Kier molecular flexibility index (Phi) is 7.78. The van der Waals surface area contributed by atoms with Crippen LogP contribution in [0.1, 0.15) is 75.5 Å². The lowest BCUT2D eigenvalue weighted by molar-refractivity contribution is 0.101. The van der Waals surface area contributed by atoms with Crippen LogP contribution in [0.2, 0.25) is 0 Å². The summed E-state index contributed by atoms with van der Waals surface area (Å²) in [4.78, 5) is 29.2. The fourth-order valence-corrected chi connectivity index (χ4v) is 4.47. The van der Waals surface area contributed by atoms with Crippen molar-refractivity contribution in [3.63, 3.8) is 0 Å². The molecule has 0 amide bonds. The monoisotopic (exact) mass is 476 g/mol. The number of guanidine groups is 1. The molecular formula is C28H36N4O3. The summed E-state index contributed by atoms with van der Waals surface area (Å²) in [6.07, 6.45) is 7.00. The molecule has 7 heteroatoms. The van der Waals surface area contributed by atoms with Gasteiger partial charge in [0.05, 0.1) is 18.4 Å². The van der Waals surface area contributed by atoms with Crippen molar-refractivity contribution in [3.05, 3.63) is 57.4 Å². The van der Waals surface area contributed by atoms with Crippen LogP contribution in [0.4, 0.5) is 0 Å². The SMILES string of the molecule is C/C=C(\C=N/C(=N)NCCC)c1cc2c(cc1OC)-c1cc(=O)c(C(C)=O)cn1C(C(C)(C)C)C2. The van der Waals surface area contributed by atoms with E-state index >= 15 is 0 Å². The molecule has 2 N–H and O–H groups in total. The fourth-order valence-electron chi connectivity index (χ4n) is 4.47. The quantitative estimate of drug-likeness (QED) is 0.337. The fraction of sp³-hybridized carbons (Fsp3) is 0.429. The summed E-state index contributed by atoms with van der Waals surface area (Å²) in [5, 5.41) is 11.0. The number of carbonyl (C=O) groups excluding carboxylic acids is 1. The third-order valence-corrected chi connectivity index (χ3v) is 6.41. The number of methoxy groups -OCH3 is 1. The smallest absolute Gasteiger partial charge is 0.215 e. The van der Waals surface area contributed by atoms with E-state index in [1.54, 1.807) is 25.6 Å². The average Bonchev–Trinajstić information content (AvgIpc) is 2.80. The van der Waals surface area contributed by atoms with Crippen LogP contribution < -0.4 is 15.5 Å². The Morgan fingerprint density at radius 2 is 2.00 bits per heavy atom. The van der Waals surface area contributed by atoms with Crippen molar-refractivity contribution in [1.82, 2.24) is 9.88 Å². The minimum atomic E-state index is -0.272. The van der Waals surface area contributed by atoms with Crippen LogP contribution in [0.3, 0.4) is 0 Å². The molecule has 1 unspecified atom stereocenters. The molecule has 0 aliphatic carbocycles. The Bertz CT molecular complexity index is 1260. The summed E-state index contributed by atoms with van der Waals surface area (Å²) < 4.78 is 7.84. The maximum atomic E-state index is 12.8. The number of hydrogen-bond donors (Lipinski definition) is 2. The van der Waals surface area contributed by atoms with Gasteiger partial charge in [0.15, 0.2) is 11.2 Å². The molecule has 0 saturated carbocycles. The molecule has 0 spiro atoms. The summed E-state index contributed by atoms with van der Waals surface area (Å²) in [6.45, 7) is 12.6. The first-order valence-corrected chi connectivity index (χ1v) is 12.0. The molecule has 3 rings (SSSR count). The molecule has 1 aromatic carbocycles. The van der Waals surface area contributed by atoms with Gasteiger partial charge in [-0.05, 0) is 55.4 Å². The van der Waals surface area contributed by atoms with Gasteiger partial charge >= 0.3 is 0 Å². The zero-order valence-electron chi connectivity index (χ0n) is 21.8. The number of pyridine rings is 1. The molecule has 0 bridgehead atoms. The number of ketones is 1. The van der Waals surface area contributed by atoms with E-state index in [2.05, 4.69) is 41.7 Å². The van der Waals surface area contributed by atoms with Crippen molar-refractivity contribution >= 4 is 23.5 Å². The molecule has 7 nitrogen and oxygen atoms in total. The van der Waals surface area contributed by atoms with Crippen LogP contribution in [0.25, 0.3) is 16.8 Å². The Morgan fingerprint density at radius 1 is 1.29 bits per heavy atom. The Balaban J connectivity index is 2.18. The first-order valence-electron chi connectivity index (χ1n) is 12.0. The van der Waals surface area contributed by atoms with Gasteiger partial charge in [-0.1, -0.05) is 33.8 Å². The van der Waals surface area contributed by atoms with Crippen LogP contribution in [-0.2, 0) is 6.42 Å². The number of Topliss-reactive ketones (excluding diaryl/α,β-unsaturated/α-hetero) is 1. The molecule has 1 aliphatic rings. The van der Waals surface area contributed by atoms with Crippen LogP contribution >= 0.6 is 0 Å². The van der Waals surface area contributed by atoms with Crippen molar-refractivity contribution in [1.29, 1.82) is 5.41 Å². The minimum absolute atomic E-state index is 0.0547. The number of carbonyl (C=O) groups is 1. The van der Waals surface area contributed by atoms with Crippen molar-refractivity contribution in [2.75, 3.05) is 13.7 Å². The predicted octanol–water partition coefficient (Wildman–Crippen LogP) is 5.28. The Morgan fingerprint density at radius 3 is 2.57 bits per heavy atom. The molecule has 1 aromatic heterocycles. The second-order valence-electron chi connectivity index (χ2n) is 9.97. The van der Waals surface area contributed by atoms with Crippen LogP contribution in [0.5, 0.6) is 5.75 Å². The van der Waals surface area contributed by atoms with Gasteiger partial charge in [-0.25, -0.2) is 4.99 Å². The van der Waals surface area contributed by atoms with E-state index in [0.717, 1.165) is 40.8 Å². The summed E-state index contributed by atoms with van der Waals surface area (Å²) in [7, 11) is 1.62. The van der Waals surface area contributed by atoms with Gasteiger partial charge in [0.1, 0.15) is 5.75 Å². The number of hydrogen-bond acceptors (Lipinski definition) is 4. The van der Waals surface area contributed by atoms with E-state index in [0.29, 0.717) is 12.3 Å². The Hall–Kier alpha value is -3.48. The third-order valence-electron chi connectivity index (χ3n) is 6.41. The summed E-state index contributed by atoms with van der Waals surface area (Å²) >= 11 is 0. The van der Waals surface area contributed by atoms with Gasteiger partial charge in [-0.2, -0.15) is 0 Å². The van der Waals surface area contributed by atoms with E-state index in [9.17, 15) is 9.59 Å². The standard InChI is InChI=1S/C28H36N4O3/c1-8-10-30-27(29)31-15-18(9-2)21-11-19-12-26(28(4,5)6)32-16-22(17(3)33)24(34)14-23(32)20(19)13-25(21)35-7/h9,11,13-16,26H,8,10,12H2,1-7H3,(H2,29,30)/b18-9+,31-15-. The van der Waals surface area contributed by atoms with Gasteiger partial charge < -0.3 is 14.6 Å². The molecule has 1 atom stereocenters. The molecule has 35 heavy (non-hydrogen) atoms. The lowest BCUT2D eigenvalue weighted by Gasteiger charge is -2.39. The number of nitrogens with zero attached hydrogens (tertiary/aromatic N) is 2. The van der Waals surface area contributed by atoms with Crippen molar-refractivity contribution in [2.45, 2.75) is 60.4 Å². The highest BCUT2D eigenvalue weighted by molar-refractivity contribution is 6.14. The highest BCUT2D eigenvalue weighted by Gasteiger charge is 2.34. The van der Waals surface area contributed by atoms with Crippen LogP contribution in [0, 0.1) is 10.8 Å². The molecule has 0 fully saturated rings. The molecule has 2 heterocycles. The first kappa shape index (κ1) is 26.1. The number of rotatable bonds is 6. The van der Waals surface area contributed by atoms with Crippen molar-refractivity contribution in [2.24, 2.45) is 10.4 Å². The molecule has 2 aromatic rings. The zero-order valence-corrected chi connectivity index (χ0v) is 21.8. The van der Waals surface area contributed by atoms with Crippen molar-refractivity contribution in [3.8, 4) is 17.0 Å². The highest BCUT2D eigenvalue weighted by Crippen LogP contribution is 2.45. The molecule has 0 saturated heterocycles. The van der Waals surface area contributed by atoms with Gasteiger partial charge in [-0.15, -0.1) is 0 Å². The van der Waals surface area contributed by atoms with Gasteiger partial charge in [-0.3, -0.25) is 15.0 Å². The maximum Gasteiger partial charge on any atom is 0.215 e. The number of nitrogens with one attached hydrogen (secondary N) is 2. The van der Waals surface area contributed by atoms with Gasteiger partial charge in [0, 0.05) is 42.2 Å². The highest BCUT2D eigenvalue weighted by atomic mass is 16.5. The van der Waals surface area contributed by atoms with Crippen molar-refractivity contribution < 1.29 is 9.53 Å². The second-order valence-corrected chi connectivity index (χ2v) is 9.97. The maximum absolute atomic E-state index is 12.8. The molecular weight excluding hydrogens is 440 g/mol. The van der Waals surface area contributed by atoms with E-state index in [4.69, 9.17) is 10.1 Å². The van der Waals surface area contributed by atoms with E-state index in [1.165, 1.54) is 6.92 Å². The first-order chi connectivity index (χ1) is 16.5. The Labute approximate surface area is 207 Å². The van der Waals surface area contributed by atoms with Gasteiger partial charge in [0.2, 0.25) is 5.96 Å². The predicted molar refractivity (Wildman–Crippen MR) is 143 cm³/mol. The average molecular weight is 477 g/mol. The molecule has 186 valence electrons. The van der Waals surface area contributed by atoms with Gasteiger partial charge in [0.25, 0.3) is 0 Å². The summed E-state index contributed by atoms with van der Waals surface area (Å²) in [5.74, 6) is 0.540. The second kappa shape index (κ2) is 10.4. The number of ether oxygens (including phenoxy) is 1. The molecule has 1 aliphatic heterocycles. The topological polar surface area (TPSA) is 96.5 Å². The summed E-state index contributed by atoms with van der Waals surface area (Å²) in [5.41, 5.74) is 4.35. The number of fused-ring (bicyclic) bond motifs is 3. The normalized spacial score (nSPS) is 15.5. The number of allylic oxidation sites excluding steroid dienone is 2. The third kappa shape index (κ3) is 5.45. The lowest BCUT2D eigenvalue weighted by atomic mass is 9.78.